The zero-order valence-electron chi connectivity index (χ0n) is 10.8. The summed E-state index contributed by atoms with van der Waals surface area (Å²) in [5.41, 5.74) is 1.22. The Morgan fingerprint density at radius 3 is 2.40 bits per heavy atom. The van der Waals surface area contributed by atoms with Crippen LogP contribution in [0.15, 0.2) is 48.5 Å². The number of nitrogens with one attached hydrogen (secondary N) is 2. The van der Waals surface area contributed by atoms with Gasteiger partial charge in [-0.25, -0.2) is 9.18 Å². The molecule has 0 aliphatic heterocycles. The van der Waals surface area contributed by atoms with Crippen LogP contribution in [0.4, 0.5) is 14.9 Å². The molecule has 5 heteroatoms. The van der Waals surface area contributed by atoms with Crippen molar-refractivity contribution >= 4 is 17.6 Å². The Morgan fingerprint density at radius 2 is 1.75 bits per heavy atom. The number of imide groups is 1. The molecule has 2 N–H and O–H groups in total. The Bertz CT molecular complexity index is 642. The summed E-state index contributed by atoms with van der Waals surface area (Å²) >= 11 is 0. The predicted molar refractivity (Wildman–Crippen MR) is 74.1 cm³/mol. The standard InChI is InChI=1S/C15H13FN2O2/c1-10-9-12(7-8-13(10)16)17-15(20)18-14(19)11-5-3-2-4-6-11/h2-9H,1H3,(H2,17,18,19,20). The van der Waals surface area contributed by atoms with Crippen molar-refractivity contribution in [2.45, 2.75) is 6.92 Å². The van der Waals surface area contributed by atoms with Gasteiger partial charge in [-0.1, -0.05) is 18.2 Å². The topological polar surface area (TPSA) is 58.2 Å². The van der Waals surface area contributed by atoms with Gasteiger partial charge >= 0.3 is 6.03 Å². The maximum atomic E-state index is 13.1. The number of hydrogen-bond donors (Lipinski definition) is 2. The first-order chi connectivity index (χ1) is 9.56. The second-order valence-electron chi connectivity index (χ2n) is 4.24. The lowest BCUT2D eigenvalue weighted by Gasteiger charge is -2.07. The summed E-state index contributed by atoms with van der Waals surface area (Å²) in [7, 11) is 0. The maximum absolute atomic E-state index is 13.1. The zero-order chi connectivity index (χ0) is 14.5. The first-order valence-corrected chi connectivity index (χ1v) is 6.00. The molecule has 0 radical (unpaired) electrons. The molecule has 0 fully saturated rings. The van der Waals surface area contributed by atoms with Crippen molar-refractivity contribution in [3.05, 3.63) is 65.5 Å². The number of anilines is 1. The smallest absolute Gasteiger partial charge is 0.308 e. The van der Waals surface area contributed by atoms with Gasteiger partial charge in [0, 0.05) is 11.3 Å². The van der Waals surface area contributed by atoms with Gasteiger partial charge in [0.15, 0.2) is 0 Å². The van der Waals surface area contributed by atoms with Crippen LogP contribution in [0.3, 0.4) is 0 Å². The van der Waals surface area contributed by atoms with E-state index in [1.54, 1.807) is 37.3 Å². The lowest BCUT2D eigenvalue weighted by atomic mass is 10.2. The van der Waals surface area contributed by atoms with Crippen molar-refractivity contribution in [1.82, 2.24) is 5.32 Å². The quantitative estimate of drug-likeness (QED) is 0.882. The van der Waals surface area contributed by atoms with Crippen molar-refractivity contribution in [1.29, 1.82) is 0 Å². The Kier molecular flexibility index (Phi) is 4.10. The van der Waals surface area contributed by atoms with Crippen LogP contribution >= 0.6 is 0 Å². The van der Waals surface area contributed by atoms with Crippen molar-refractivity contribution in [3.63, 3.8) is 0 Å². The highest BCUT2D eigenvalue weighted by Crippen LogP contribution is 2.13. The molecule has 102 valence electrons. The van der Waals surface area contributed by atoms with Crippen molar-refractivity contribution < 1.29 is 14.0 Å². The van der Waals surface area contributed by atoms with Crippen molar-refractivity contribution in [2.75, 3.05) is 5.32 Å². The summed E-state index contributed by atoms with van der Waals surface area (Å²) in [5, 5.41) is 4.67. The highest BCUT2D eigenvalue weighted by atomic mass is 19.1. The van der Waals surface area contributed by atoms with Crippen molar-refractivity contribution in [3.8, 4) is 0 Å². The minimum Gasteiger partial charge on any atom is -0.308 e. The fourth-order valence-corrected chi connectivity index (χ4v) is 1.65. The fourth-order valence-electron chi connectivity index (χ4n) is 1.65. The van der Waals surface area contributed by atoms with Crippen LogP contribution in [0.5, 0.6) is 0 Å². The van der Waals surface area contributed by atoms with Gasteiger partial charge in [0.05, 0.1) is 0 Å². The summed E-state index contributed by atoms with van der Waals surface area (Å²) < 4.78 is 13.1. The molecule has 0 unspecified atom stereocenters. The molecule has 0 aliphatic carbocycles. The van der Waals surface area contributed by atoms with E-state index < -0.39 is 11.9 Å². The Hall–Kier alpha value is -2.69. The normalized spacial score (nSPS) is 9.90. The molecule has 4 nitrogen and oxygen atoms in total. The number of halogens is 1. The summed E-state index contributed by atoms with van der Waals surface area (Å²) in [5.74, 6) is -0.849. The van der Waals surface area contributed by atoms with E-state index in [1.165, 1.54) is 18.2 Å². The van der Waals surface area contributed by atoms with Gasteiger partial charge < -0.3 is 5.32 Å². The van der Waals surface area contributed by atoms with E-state index in [0.717, 1.165) is 0 Å². The molecule has 0 saturated heterocycles. The number of aryl methyl sites for hydroxylation is 1. The van der Waals surface area contributed by atoms with E-state index in [-0.39, 0.29) is 5.82 Å². The van der Waals surface area contributed by atoms with Crippen LogP contribution in [0.1, 0.15) is 15.9 Å². The summed E-state index contributed by atoms with van der Waals surface area (Å²) in [6.07, 6.45) is 0. The number of carbonyl (C=O) groups is 2. The monoisotopic (exact) mass is 272 g/mol. The van der Waals surface area contributed by atoms with Crippen LogP contribution in [-0.2, 0) is 0 Å². The first-order valence-electron chi connectivity index (χ1n) is 6.00. The molecule has 0 bridgehead atoms. The summed E-state index contributed by atoms with van der Waals surface area (Å²) in [6, 6.07) is 11.9. The molecule has 3 amide bonds. The van der Waals surface area contributed by atoms with Gasteiger partial charge in [-0.3, -0.25) is 10.1 Å². The van der Waals surface area contributed by atoms with Gasteiger partial charge in [-0.15, -0.1) is 0 Å². The highest BCUT2D eigenvalue weighted by molar-refractivity contribution is 6.07. The molecule has 0 saturated carbocycles. The third kappa shape index (κ3) is 3.41. The van der Waals surface area contributed by atoms with E-state index in [4.69, 9.17) is 0 Å². The number of rotatable bonds is 2. The van der Waals surface area contributed by atoms with E-state index in [2.05, 4.69) is 10.6 Å². The van der Waals surface area contributed by atoms with E-state index >= 15 is 0 Å². The number of carbonyl (C=O) groups excluding carboxylic acids is 2. The third-order valence-corrected chi connectivity index (χ3v) is 2.68. The molecule has 0 atom stereocenters. The Labute approximate surface area is 115 Å². The van der Waals surface area contributed by atoms with Gasteiger partial charge in [-0.05, 0) is 42.8 Å². The summed E-state index contributed by atoms with van der Waals surface area (Å²) in [6.45, 7) is 1.59. The highest BCUT2D eigenvalue weighted by Gasteiger charge is 2.10. The minimum atomic E-state index is -0.662. The Balaban J connectivity index is 1.99. The molecule has 0 spiro atoms. The molecule has 2 aromatic rings. The maximum Gasteiger partial charge on any atom is 0.326 e. The molecule has 2 rings (SSSR count). The molecule has 0 aliphatic rings. The molecule has 0 aromatic heterocycles. The molecule has 0 heterocycles. The lowest BCUT2D eigenvalue weighted by Crippen LogP contribution is -2.34. The van der Waals surface area contributed by atoms with Gasteiger partial charge in [-0.2, -0.15) is 0 Å². The van der Waals surface area contributed by atoms with Gasteiger partial charge in [0.2, 0.25) is 0 Å². The van der Waals surface area contributed by atoms with E-state index in [1.807, 2.05) is 0 Å². The van der Waals surface area contributed by atoms with Gasteiger partial charge in [0.25, 0.3) is 5.91 Å². The fraction of sp³-hybridized carbons (Fsp3) is 0.0667. The van der Waals surface area contributed by atoms with Crippen molar-refractivity contribution in [2.24, 2.45) is 0 Å². The van der Waals surface area contributed by atoms with Gasteiger partial charge in [0.1, 0.15) is 5.82 Å². The largest absolute Gasteiger partial charge is 0.326 e. The molecule has 20 heavy (non-hydrogen) atoms. The van der Waals surface area contributed by atoms with Crippen LogP contribution < -0.4 is 10.6 Å². The van der Waals surface area contributed by atoms with Crippen LogP contribution in [0, 0.1) is 12.7 Å². The number of urea groups is 1. The molecular formula is C15H13FN2O2. The minimum absolute atomic E-state index is 0.351. The van der Waals surface area contributed by atoms with E-state index in [0.29, 0.717) is 16.8 Å². The Morgan fingerprint density at radius 1 is 1.05 bits per heavy atom. The zero-order valence-corrected chi connectivity index (χ0v) is 10.8. The molecular weight excluding hydrogens is 259 g/mol. The third-order valence-electron chi connectivity index (χ3n) is 2.68. The average molecular weight is 272 g/mol. The lowest BCUT2D eigenvalue weighted by molar-refractivity contribution is 0.0967. The van der Waals surface area contributed by atoms with Crippen LogP contribution in [-0.4, -0.2) is 11.9 Å². The summed E-state index contributed by atoms with van der Waals surface area (Å²) in [4.78, 5) is 23.4. The van der Waals surface area contributed by atoms with Crippen LogP contribution in [0.2, 0.25) is 0 Å². The predicted octanol–water partition coefficient (Wildman–Crippen LogP) is 3.10. The number of amides is 3. The number of benzene rings is 2. The number of hydrogen-bond acceptors (Lipinski definition) is 2. The first kappa shape index (κ1) is 13.7. The second kappa shape index (κ2) is 5.97. The SMILES string of the molecule is Cc1cc(NC(=O)NC(=O)c2ccccc2)ccc1F. The molecule has 2 aromatic carbocycles. The van der Waals surface area contributed by atoms with Crippen LogP contribution in [0.25, 0.3) is 0 Å². The average Bonchev–Trinajstić information content (AvgIpc) is 2.44. The second-order valence-corrected chi connectivity index (χ2v) is 4.24. The van der Waals surface area contributed by atoms with E-state index in [9.17, 15) is 14.0 Å².